The minimum Gasteiger partial charge on any atom is -0.506 e. The Morgan fingerprint density at radius 3 is 2.78 bits per heavy atom. The molecule has 1 aliphatic heterocycles. The number of piperidine rings is 1. The minimum absolute atomic E-state index is 0.0305. The van der Waals surface area contributed by atoms with Crippen molar-refractivity contribution in [2.75, 3.05) is 17.6 Å². The van der Waals surface area contributed by atoms with E-state index in [2.05, 4.69) is 5.32 Å². The zero-order valence-electron chi connectivity index (χ0n) is 13.4. The first kappa shape index (κ1) is 17.7. The summed E-state index contributed by atoms with van der Waals surface area (Å²) < 4.78 is 26.3. The van der Waals surface area contributed by atoms with Crippen LogP contribution in [0.25, 0.3) is 0 Å². The highest BCUT2D eigenvalue weighted by atomic mass is 32.2. The molecule has 2 N–H and O–H groups in total. The van der Waals surface area contributed by atoms with Crippen molar-refractivity contribution in [3.05, 3.63) is 24.3 Å². The predicted octanol–water partition coefficient (Wildman–Crippen LogP) is 2.32. The Morgan fingerprint density at radius 1 is 1.35 bits per heavy atom. The Bertz CT molecular complexity index is 645. The molecule has 0 unspecified atom stereocenters. The summed E-state index contributed by atoms with van der Waals surface area (Å²) in [5, 5.41) is 12.4. The normalized spacial score (nSPS) is 19.4. The van der Waals surface area contributed by atoms with Gasteiger partial charge in [-0.3, -0.25) is 4.79 Å². The smallest absolute Gasteiger partial charge is 0.242 e. The lowest BCUT2D eigenvalue weighted by Crippen LogP contribution is -2.50. The first-order valence-corrected chi connectivity index (χ1v) is 9.65. The molecule has 23 heavy (non-hydrogen) atoms. The number of phenols is 1. The number of benzene rings is 1. The highest BCUT2D eigenvalue weighted by Crippen LogP contribution is 2.26. The summed E-state index contributed by atoms with van der Waals surface area (Å²) in [6, 6.07) is 5.72. The summed E-state index contributed by atoms with van der Waals surface area (Å²) in [4.78, 5) is 12.5. The monoisotopic (exact) mass is 340 g/mol. The second-order valence-electron chi connectivity index (χ2n) is 5.80. The van der Waals surface area contributed by atoms with Gasteiger partial charge in [0.05, 0.1) is 11.4 Å². The maximum absolute atomic E-state index is 12.5. The van der Waals surface area contributed by atoms with E-state index >= 15 is 0 Å². The van der Waals surface area contributed by atoms with Gasteiger partial charge in [0.25, 0.3) is 0 Å². The summed E-state index contributed by atoms with van der Waals surface area (Å²) in [5.41, 5.74) is 0.300. The first-order chi connectivity index (χ1) is 11.0. The molecule has 128 valence electrons. The van der Waals surface area contributed by atoms with E-state index in [0.717, 1.165) is 19.3 Å². The summed E-state index contributed by atoms with van der Waals surface area (Å²) >= 11 is 0. The molecule has 0 saturated carbocycles. The van der Waals surface area contributed by atoms with Crippen molar-refractivity contribution in [1.29, 1.82) is 0 Å². The van der Waals surface area contributed by atoms with Gasteiger partial charge in [0.15, 0.2) is 0 Å². The number of rotatable bonds is 6. The standard InChI is InChI=1S/C16H24N2O4S/c1-2-3-12-23(21,22)18-11-7-6-9-14(18)16(20)17-13-8-4-5-10-15(13)19/h4-5,8,10,14,19H,2-3,6-7,9,11-12H2,1H3,(H,17,20)/t14-/m1/s1. The van der Waals surface area contributed by atoms with Gasteiger partial charge in [-0.15, -0.1) is 0 Å². The van der Waals surface area contributed by atoms with Crippen molar-refractivity contribution < 1.29 is 18.3 Å². The number of aromatic hydroxyl groups is 1. The Hall–Kier alpha value is -1.60. The van der Waals surface area contributed by atoms with Gasteiger partial charge in [-0.05, 0) is 31.4 Å². The van der Waals surface area contributed by atoms with Gasteiger partial charge in [0, 0.05) is 6.54 Å². The van der Waals surface area contributed by atoms with Crippen LogP contribution in [0.5, 0.6) is 5.75 Å². The van der Waals surface area contributed by atoms with Crippen molar-refractivity contribution in [3.8, 4) is 5.75 Å². The molecular weight excluding hydrogens is 316 g/mol. The topological polar surface area (TPSA) is 86.7 Å². The third kappa shape index (κ3) is 4.45. The van der Waals surface area contributed by atoms with Crippen molar-refractivity contribution in [2.24, 2.45) is 0 Å². The van der Waals surface area contributed by atoms with E-state index < -0.39 is 16.1 Å². The molecule has 1 atom stereocenters. The van der Waals surface area contributed by atoms with Crippen LogP contribution in [0, 0.1) is 0 Å². The average Bonchev–Trinajstić information content (AvgIpc) is 2.55. The highest BCUT2D eigenvalue weighted by Gasteiger charge is 2.36. The Balaban J connectivity index is 2.14. The number of hydrogen-bond acceptors (Lipinski definition) is 4. The lowest BCUT2D eigenvalue weighted by atomic mass is 10.0. The molecular formula is C16H24N2O4S. The zero-order valence-corrected chi connectivity index (χ0v) is 14.2. The number of carbonyl (C=O) groups is 1. The molecule has 0 aromatic heterocycles. The average molecular weight is 340 g/mol. The van der Waals surface area contributed by atoms with Crippen LogP contribution in [0.15, 0.2) is 24.3 Å². The van der Waals surface area contributed by atoms with E-state index in [9.17, 15) is 18.3 Å². The summed E-state index contributed by atoms with van der Waals surface area (Å²) in [5.74, 6) is -0.340. The quantitative estimate of drug-likeness (QED) is 0.778. The summed E-state index contributed by atoms with van der Waals surface area (Å²) in [6.07, 6.45) is 3.48. The van der Waals surface area contributed by atoms with E-state index in [0.29, 0.717) is 25.1 Å². The van der Waals surface area contributed by atoms with Crippen LogP contribution >= 0.6 is 0 Å². The maximum Gasteiger partial charge on any atom is 0.242 e. The van der Waals surface area contributed by atoms with Crippen LogP contribution in [0.4, 0.5) is 5.69 Å². The lowest BCUT2D eigenvalue weighted by Gasteiger charge is -2.33. The van der Waals surface area contributed by atoms with Gasteiger partial charge in [0.2, 0.25) is 15.9 Å². The number of amides is 1. The third-order valence-corrected chi connectivity index (χ3v) is 5.99. The van der Waals surface area contributed by atoms with Crippen molar-refractivity contribution in [1.82, 2.24) is 4.31 Å². The first-order valence-electron chi connectivity index (χ1n) is 8.04. The fourth-order valence-electron chi connectivity index (χ4n) is 2.74. The van der Waals surface area contributed by atoms with Crippen LogP contribution in [-0.4, -0.2) is 42.1 Å². The molecule has 1 fully saturated rings. The molecule has 2 rings (SSSR count). The molecule has 6 nitrogen and oxygen atoms in total. The fourth-order valence-corrected chi connectivity index (χ4v) is 4.62. The highest BCUT2D eigenvalue weighted by molar-refractivity contribution is 7.89. The number of para-hydroxylation sites is 2. The number of sulfonamides is 1. The van der Waals surface area contributed by atoms with E-state index in [-0.39, 0.29) is 17.4 Å². The number of nitrogens with one attached hydrogen (secondary N) is 1. The van der Waals surface area contributed by atoms with Gasteiger partial charge in [-0.1, -0.05) is 31.9 Å². The third-order valence-electron chi connectivity index (χ3n) is 4.03. The Morgan fingerprint density at radius 2 is 2.09 bits per heavy atom. The van der Waals surface area contributed by atoms with Crippen LogP contribution in [0.1, 0.15) is 39.0 Å². The number of nitrogens with zero attached hydrogens (tertiary/aromatic N) is 1. The molecule has 1 saturated heterocycles. The number of unbranched alkanes of at least 4 members (excludes halogenated alkanes) is 1. The van der Waals surface area contributed by atoms with Crippen molar-refractivity contribution >= 4 is 21.6 Å². The Kier molecular flexibility index (Phi) is 6.01. The number of hydrogen-bond donors (Lipinski definition) is 2. The second kappa shape index (κ2) is 7.79. The van der Waals surface area contributed by atoms with Gasteiger partial charge in [-0.25, -0.2) is 8.42 Å². The SMILES string of the molecule is CCCCS(=O)(=O)N1CCCC[C@@H]1C(=O)Nc1ccccc1O. The molecule has 1 amide bonds. The fraction of sp³-hybridized carbons (Fsp3) is 0.562. The number of carbonyl (C=O) groups excluding carboxylic acids is 1. The largest absolute Gasteiger partial charge is 0.506 e. The van der Waals surface area contributed by atoms with E-state index in [4.69, 9.17) is 0 Å². The maximum atomic E-state index is 12.5. The molecule has 1 aromatic carbocycles. The van der Waals surface area contributed by atoms with Crippen molar-refractivity contribution in [2.45, 2.75) is 45.1 Å². The van der Waals surface area contributed by atoms with Crippen molar-refractivity contribution in [3.63, 3.8) is 0 Å². The van der Waals surface area contributed by atoms with Crippen LogP contribution < -0.4 is 5.32 Å². The molecule has 0 bridgehead atoms. The molecule has 0 radical (unpaired) electrons. The predicted molar refractivity (Wildman–Crippen MR) is 89.8 cm³/mol. The van der Waals surface area contributed by atoms with Crippen LogP contribution in [0.3, 0.4) is 0 Å². The summed E-state index contributed by atoms with van der Waals surface area (Å²) in [6.45, 7) is 2.32. The number of anilines is 1. The van der Waals surface area contributed by atoms with Gasteiger partial charge >= 0.3 is 0 Å². The molecule has 1 aromatic rings. The second-order valence-corrected chi connectivity index (χ2v) is 7.84. The summed E-state index contributed by atoms with van der Waals surface area (Å²) in [7, 11) is -3.43. The van der Waals surface area contributed by atoms with Gasteiger partial charge < -0.3 is 10.4 Å². The zero-order chi connectivity index (χ0) is 16.9. The molecule has 1 heterocycles. The minimum atomic E-state index is -3.43. The number of phenolic OH excluding ortho intramolecular Hbond substituents is 1. The molecule has 7 heteroatoms. The molecule has 0 aliphatic carbocycles. The lowest BCUT2D eigenvalue weighted by molar-refractivity contribution is -0.120. The van der Waals surface area contributed by atoms with E-state index in [1.807, 2.05) is 6.92 Å². The van der Waals surface area contributed by atoms with E-state index in [1.165, 1.54) is 10.4 Å². The van der Waals surface area contributed by atoms with E-state index in [1.54, 1.807) is 18.2 Å². The Labute approximate surface area is 137 Å². The van der Waals surface area contributed by atoms with Gasteiger partial charge in [0.1, 0.15) is 11.8 Å². The molecule has 1 aliphatic rings. The molecule has 0 spiro atoms. The van der Waals surface area contributed by atoms with Crippen LogP contribution in [-0.2, 0) is 14.8 Å². The van der Waals surface area contributed by atoms with Crippen LogP contribution in [0.2, 0.25) is 0 Å². The van der Waals surface area contributed by atoms with Gasteiger partial charge in [-0.2, -0.15) is 4.31 Å².